The third-order valence-electron chi connectivity index (χ3n) is 4.93. The lowest BCUT2D eigenvalue weighted by molar-refractivity contribution is -0.150. The zero-order valence-corrected chi connectivity index (χ0v) is 20.9. The number of aliphatic carboxylic acids is 1. The maximum absolute atomic E-state index is 12.8. The van der Waals surface area contributed by atoms with Crippen LogP contribution in [-0.2, 0) is 14.4 Å². The number of carbonyl (C=O) groups is 3. The quantitative estimate of drug-likeness (QED) is 0.129. The Morgan fingerprint density at radius 3 is 2.75 bits per heavy atom. The van der Waals surface area contributed by atoms with E-state index in [4.69, 9.17) is 23.1 Å². The number of amides is 2. The van der Waals surface area contributed by atoms with Crippen LogP contribution in [0.15, 0.2) is 43.8 Å². The molecule has 1 saturated heterocycles. The number of carboxylic acid groups (broad SMARTS) is 1. The third-order valence-corrected chi connectivity index (χ3v) is 8.07. The summed E-state index contributed by atoms with van der Waals surface area (Å²) in [7, 11) is 0. The zero-order chi connectivity index (χ0) is 26.1. The number of nitrogens with two attached hydrogens (primary N) is 2. The number of rotatable bonds is 8. The third kappa shape index (κ3) is 4.95. The number of allylic oxidation sites excluding steroid dienone is 1. The Morgan fingerprint density at radius 1 is 1.39 bits per heavy atom. The minimum Gasteiger partial charge on any atom is -0.477 e. The van der Waals surface area contributed by atoms with Crippen molar-refractivity contribution in [2.75, 3.05) is 17.2 Å². The molecule has 7 N–H and O–H groups in total. The van der Waals surface area contributed by atoms with Crippen molar-refractivity contribution in [2.24, 2.45) is 5.18 Å². The van der Waals surface area contributed by atoms with Crippen LogP contribution in [0.25, 0.3) is 0 Å². The van der Waals surface area contributed by atoms with Crippen LogP contribution in [-0.4, -0.2) is 59.9 Å². The van der Waals surface area contributed by atoms with E-state index in [0.29, 0.717) is 10.6 Å². The average molecular weight is 571 g/mol. The highest BCUT2D eigenvalue weighted by atomic mass is 35.5. The van der Waals surface area contributed by atoms with Crippen molar-refractivity contribution >= 4 is 75.3 Å². The SMILES string of the molecule is Nc1nc(SC=CC2=C(C(=O)O)N3C(=O)[C@@H](NC(=O)C(N=O)c4nc(N)sc4Cl)[C@H]3SC2)cc(=O)[nH]1. The second kappa shape index (κ2) is 10.3. The fraction of sp³-hybridized carbons (Fsp3) is 0.222. The highest BCUT2D eigenvalue weighted by Crippen LogP contribution is 2.41. The van der Waals surface area contributed by atoms with Crippen LogP contribution in [0.4, 0.5) is 11.1 Å². The number of anilines is 2. The predicted octanol–water partition coefficient (Wildman–Crippen LogP) is 0.896. The van der Waals surface area contributed by atoms with Gasteiger partial charge >= 0.3 is 5.97 Å². The molecule has 0 aliphatic carbocycles. The summed E-state index contributed by atoms with van der Waals surface area (Å²) in [5.41, 5.74) is 10.6. The van der Waals surface area contributed by atoms with Gasteiger partial charge in [0.05, 0.1) is 0 Å². The average Bonchev–Trinajstić information content (AvgIpc) is 3.14. The molecule has 0 radical (unpaired) electrons. The van der Waals surface area contributed by atoms with E-state index in [9.17, 15) is 29.2 Å². The van der Waals surface area contributed by atoms with Crippen LogP contribution in [0.3, 0.4) is 0 Å². The molecular weight excluding hydrogens is 556 g/mol. The number of H-pyrrole nitrogens is 1. The first-order chi connectivity index (χ1) is 17.1. The number of nitrogens with zero attached hydrogens (tertiary/aromatic N) is 4. The van der Waals surface area contributed by atoms with Gasteiger partial charge in [0.2, 0.25) is 12.0 Å². The Labute approximate surface area is 218 Å². The highest BCUT2D eigenvalue weighted by molar-refractivity contribution is 8.02. The molecule has 0 aromatic carbocycles. The molecular formula is C18H15ClN8O6S3. The first kappa shape index (κ1) is 25.7. The highest BCUT2D eigenvalue weighted by Gasteiger charge is 2.54. The molecule has 2 amide bonds. The van der Waals surface area contributed by atoms with Gasteiger partial charge in [-0.2, -0.15) is 0 Å². The maximum Gasteiger partial charge on any atom is 0.352 e. The van der Waals surface area contributed by atoms with Gasteiger partial charge in [-0.15, -0.1) is 16.7 Å². The van der Waals surface area contributed by atoms with Gasteiger partial charge in [0.25, 0.3) is 17.4 Å². The molecule has 188 valence electrons. The minimum atomic E-state index is -1.63. The summed E-state index contributed by atoms with van der Waals surface area (Å²) in [4.78, 5) is 71.4. The summed E-state index contributed by atoms with van der Waals surface area (Å²) in [5.74, 6) is -2.78. The molecule has 14 nitrogen and oxygen atoms in total. The Hall–Kier alpha value is -3.41. The molecule has 2 aliphatic rings. The summed E-state index contributed by atoms with van der Waals surface area (Å²) in [6.07, 6.45) is 1.50. The minimum absolute atomic E-state index is 0.0178. The summed E-state index contributed by atoms with van der Waals surface area (Å²) >= 11 is 9.09. The molecule has 0 spiro atoms. The van der Waals surface area contributed by atoms with Crippen molar-refractivity contribution in [1.82, 2.24) is 25.2 Å². The zero-order valence-electron chi connectivity index (χ0n) is 17.7. The topological polar surface area (TPSA) is 227 Å². The number of halogens is 1. The molecule has 4 rings (SSSR count). The monoisotopic (exact) mass is 570 g/mol. The molecule has 2 aromatic heterocycles. The van der Waals surface area contributed by atoms with Crippen molar-refractivity contribution in [1.29, 1.82) is 0 Å². The summed E-state index contributed by atoms with van der Waals surface area (Å²) < 4.78 is 0.0178. The van der Waals surface area contributed by atoms with E-state index in [1.54, 1.807) is 0 Å². The van der Waals surface area contributed by atoms with Crippen molar-refractivity contribution in [2.45, 2.75) is 22.5 Å². The first-order valence-corrected chi connectivity index (χ1v) is 12.9. The van der Waals surface area contributed by atoms with Gasteiger partial charge in [0.15, 0.2) is 5.13 Å². The van der Waals surface area contributed by atoms with Crippen molar-refractivity contribution < 1.29 is 19.5 Å². The van der Waals surface area contributed by atoms with Gasteiger partial charge in [0.1, 0.15) is 32.2 Å². The number of hydrogen-bond donors (Lipinski definition) is 5. The van der Waals surface area contributed by atoms with Crippen molar-refractivity contribution in [3.8, 4) is 0 Å². The van der Waals surface area contributed by atoms with E-state index in [1.807, 2.05) is 0 Å². The number of thiazole rings is 1. The fourth-order valence-electron chi connectivity index (χ4n) is 3.42. The van der Waals surface area contributed by atoms with Crippen LogP contribution in [0, 0.1) is 4.91 Å². The maximum atomic E-state index is 12.8. The molecule has 1 unspecified atom stereocenters. The Morgan fingerprint density at radius 2 is 2.14 bits per heavy atom. The Balaban J connectivity index is 1.49. The molecule has 18 heteroatoms. The van der Waals surface area contributed by atoms with Crippen LogP contribution in [0.2, 0.25) is 4.34 Å². The van der Waals surface area contributed by atoms with Crippen LogP contribution < -0.4 is 22.3 Å². The lowest BCUT2D eigenvalue weighted by atomic mass is 10.0. The molecule has 1 fully saturated rings. The fourth-order valence-corrected chi connectivity index (χ4v) is 6.41. The smallest absolute Gasteiger partial charge is 0.352 e. The Kier molecular flexibility index (Phi) is 7.34. The number of thioether (sulfide) groups is 2. The number of β-lactam (4-membered cyclic amide) rings is 1. The molecule has 0 bridgehead atoms. The van der Waals surface area contributed by atoms with Crippen LogP contribution in [0.5, 0.6) is 0 Å². The summed E-state index contributed by atoms with van der Waals surface area (Å²) in [6, 6.07) is -1.48. The van der Waals surface area contributed by atoms with Crippen molar-refractivity contribution in [3.63, 3.8) is 0 Å². The molecule has 3 atom stereocenters. The standard InChI is InChI=1S/C18H15ClN8O6S3/c19-12-8(25-18(21)36-12)9(26-33)13(29)24-10-14(30)27-11(16(31)32)5(4-35-15(10)27)1-2-34-7-3-6(28)22-17(20)23-7/h1-3,9-10,15H,4H2,(H2,21,25)(H,24,29)(H,31,32)(H3,20,22,23,28)/t9?,10-,15-/m1/s1. The van der Waals surface area contributed by atoms with Gasteiger partial charge in [-0.1, -0.05) is 34.7 Å². The van der Waals surface area contributed by atoms with Gasteiger partial charge < -0.3 is 21.9 Å². The number of nitroso groups, excluding NO2 is 1. The van der Waals surface area contributed by atoms with Gasteiger partial charge in [-0.3, -0.25) is 24.3 Å². The number of nitrogens with one attached hydrogen (secondary N) is 2. The van der Waals surface area contributed by atoms with E-state index in [1.165, 1.54) is 29.3 Å². The number of aromatic nitrogens is 3. The van der Waals surface area contributed by atoms with E-state index in [-0.39, 0.29) is 32.6 Å². The van der Waals surface area contributed by atoms with Gasteiger partial charge in [-0.05, 0) is 22.2 Å². The van der Waals surface area contributed by atoms with Crippen molar-refractivity contribution in [3.05, 3.63) is 54.1 Å². The normalized spacial score (nSPS) is 20.1. The summed E-state index contributed by atoms with van der Waals surface area (Å²) in [5, 5.41) is 16.1. The predicted molar refractivity (Wildman–Crippen MR) is 134 cm³/mol. The first-order valence-electron chi connectivity index (χ1n) is 9.76. The molecule has 4 heterocycles. The number of carboxylic acids is 1. The van der Waals surface area contributed by atoms with Gasteiger partial charge in [0, 0.05) is 11.8 Å². The second-order valence-electron chi connectivity index (χ2n) is 7.18. The van der Waals surface area contributed by atoms with Gasteiger partial charge in [-0.25, -0.2) is 14.8 Å². The Bertz CT molecular complexity index is 1390. The van der Waals surface area contributed by atoms with Crippen LogP contribution >= 0.6 is 46.5 Å². The number of aromatic amines is 1. The van der Waals surface area contributed by atoms with E-state index >= 15 is 0 Å². The second-order valence-corrected chi connectivity index (χ2v) is 10.8. The molecule has 2 aliphatic heterocycles. The van der Waals surface area contributed by atoms with E-state index in [2.05, 4.69) is 25.4 Å². The largest absolute Gasteiger partial charge is 0.477 e. The number of carbonyl (C=O) groups excluding carboxylic acids is 2. The lowest BCUT2D eigenvalue weighted by Crippen LogP contribution is -2.70. The van der Waals surface area contributed by atoms with Crippen LogP contribution in [0.1, 0.15) is 11.7 Å². The number of fused-ring (bicyclic) bond motifs is 1. The molecule has 36 heavy (non-hydrogen) atoms. The number of nitrogen functional groups attached to an aromatic ring is 2. The number of hydrogen-bond acceptors (Lipinski definition) is 13. The lowest BCUT2D eigenvalue weighted by Gasteiger charge is -2.49. The van der Waals surface area contributed by atoms with E-state index < -0.39 is 40.8 Å². The van der Waals surface area contributed by atoms with E-state index in [0.717, 1.165) is 28.0 Å². The summed E-state index contributed by atoms with van der Waals surface area (Å²) in [6.45, 7) is 0. The molecule has 2 aromatic rings. The molecule has 0 saturated carbocycles.